The molecule has 0 saturated heterocycles. The molecular formula is C13H16N6O3. The van der Waals surface area contributed by atoms with Gasteiger partial charge in [0.1, 0.15) is 6.33 Å². The maximum Gasteiger partial charge on any atom is 0.372 e. The Hall–Kier alpha value is -2.94. The van der Waals surface area contributed by atoms with Gasteiger partial charge in [0.05, 0.1) is 36.0 Å². The Bertz CT molecular complexity index is 587. The molecule has 0 aromatic carbocycles. The number of aromatic nitrogens is 2. The molecule has 9 nitrogen and oxygen atoms in total. The lowest BCUT2D eigenvalue weighted by molar-refractivity contribution is -0.385. The maximum absolute atomic E-state index is 11.4. The van der Waals surface area contributed by atoms with Crippen LogP contribution >= 0.6 is 0 Å². The van der Waals surface area contributed by atoms with Gasteiger partial charge in [-0.05, 0) is 13.8 Å². The standard InChI is InChI=1S/C13H16N6O3/c1-10(2)22-13-11(19(20)21)12(16-9-17-13)18(7-3-5-14)8-4-6-15/h9-10H,3-4,7-8H2,1-2H3. The fourth-order valence-corrected chi connectivity index (χ4v) is 1.75. The lowest BCUT2D eigenvalue weighted by atomic mass is 10.3. The fraction of sp³-hybridized carbons (Fsp3) is 0.538. The number of hydrogen-bond donors (Lipinski definition) is 0. The maximum atomic E-state index is 11.4. The van der Waals surface area contributed by atoms with Crippen molar-refractivity contribution in [1.82, 2.24) is 9.97 Å². The van der Waals surface area contributed by atoms with Crippen LogP contribution in [0.3, 0.4) is 0 Å². The van der Waals surface area contributed by atoms with Crippen LogP contribution in [-0.4, -0.2) is 34.1 Å². The van der Waals surface area contributed by atoms with E-state index in [1.54, 1.807) is 13.8 Å². The Kier molecular flexibility index (Phi) is 6.51. The quantitative estimate of drug-likeness (QED) is 0.525. The smallest absolute Gasteiger partial charge is 0.372 e. The largest absolute Gasteiger partial charge is 0.470 e. The molecule has 0 amide bonds. The highest BCUT2D eigenvalue weighted by Crippen LogP contribution is 2.34. The minimum Gasteiger partial charge on any atom is -0.470 e. The molecule has 0 bridgehead atoms. The van der Waals surface area contributed by atoms with E-state index in [1.165, 1.54) is 11.2 Å². The molecule has 0 saturated carbocycles. The van der Waals surface area contributed by atoms with E-state index < -0.39 is 4.92 Å². The van der Waals surface area contributed by atoms with E-state index in [-0.39, 0.29) is 49.4 Å². The minimum atomic E-state index is -0.612. The third-order valence-electron chi connectivity index (χ3n) is 2.59. The monoisotopic (exact) mass is 304 g/mol. The first-order chi connectivity index (χ1) is 10.5. The van der Waals surface area contributed by atoms with Crippen molar-refractivity contribution in [2.45, 2.75) is 32.8 Å². The second-order valence-corrected chi connectivity index (χ2v) is 4.58. The summed E-state index contributed by atoms with van der Waals surface area (Å²) in [4.78, 5) is 20.0. The average Bonchev–Trinajstić information content (AvgIpc) is 2.46. The van der Waals surface area contributed by atoms with E-state index in [1.807, 2.05) is 12.1 Å². The van der Waals surface area contributed by atoms with Gasteiger partial charge in [0.2, 0.25) is 5.82 Å². The molecule has 116 valence electrons. The van der Waals surface area contributed by atoms with Gasteiger partial charge in [-0.25, -0.2) is 4.98 Å². The summed E-state index contributed by atoms with van der Waals surface area (Å²) in [5.41, 5.74) is -0.355. The first-order valence-electron chi connectivity index (χ1n) is 6.66. The number of hydrogen-bond acceptors (Lipinski definition) is 8. The highest BCUT2D eigenvalue weighted by molar-refractivity contribution is 5.62. The normalized spacial score (nSPS) is 9.86. The van der Waals surface area contributed by atoms with Crippen LogP contribution in [0.1, 0.15) is 26.7 Å². The molecule has 0 radical (unpaired) electrons. The second-order valence-electron chi connectivity index (χ2n) is 4.58. The summed E-state index contributed by atoms with van der Waals surface area (Å²) in [6, 6.07) is 3.94. The van der Waals surface area contributed by atoms with E-state index in [0.29, 0.717) is 0 Å². The van der Waals surface area contributed by atoms with Gasteiger partial charge in [-0.15, -0.1) is 0 Å². The molecule has 0 aliphatic rings. The van der Waals surface area contributed by atoms with E-state index in [0.717, 1.165) is 0 Å². The zero-order valence-electron chi connectivity index (χ0n) is 12.4. The van der Waals surface area contributed by atoms with Crippen molar-refractivity contribution in [3.8, 4) is 18.0 Å². The molecule has 0 fully saturated rings. The molecule has 0 aliphatic carbocycles. The van der Waals surface area contributed by atoms with Crippen molar-refractivity contribution in [1.29, 1.82) is 10.5 Å². The van der Waals surface area contributed by atoms with Crippen molar-refractivity contribution >= 4 is 11.5 Å². The molecule has 1 aromatic rings. The van der Waals surface area contributed by atoms with Gasteiger partial charge < -0.3 is 9.64 Å². The van der Waals surface area contributed by atoms with Crippen LogP contribution in [-0.2, 0) is 0 Å². The van der Waals surface area contributed by atoms with Gasteiger partial charge in [-0.2, -0.15) is 15.5 Å². The van der Waals surface area contributed by atoms with Crippen molar-refractivity contribution in [2.24, 2.45) is 0 Å². The fourth-order valence-electron chi connectivity index (χ4n) is 1.75. The molecule has 22 heavy (non-hydrogen) atoms. The van der Waals surface area contributed by atoms with Crippen molar-refractivity contribution in [2.75, 3.05) is 18.0 Å². The van der Waals surface area contributed by atoms with Gasteiger partial charge >= 0.3 is 5.69 Å². The minimum absolute atomic E-state index is 0.0566. The summed E-state index contributed by atoms with van der Waals surface area (Å²) in [7, 11) is 0. The zero-order chi connectivity index (χ0) is 16.5. The van der Waals surface area contributed by atoms with Crippen molar-refractivity contribution in [3.63, 3.8) is 0 Å². The Morgan fingerprint density at radius 3 is 2.36 bits per heavy atom. The molecule has 1 rings (SSSR count). The molecule has 0 atom stereocenters. The molecule has 1 aromatic heterocycles. The lowest BCUT2D eigenvalue weighted by Crippen LogP contribution is -2.27. The number of nitriles is 2. The molecule has 9 heteroatoms. The predicted molar refractivity (Wildman–Crippen MR) is 77.1 cm³/mol. The summed E-state index contributed by atoms with van der Waals surface area (Å²) < 4.78 is 5.36. The third kappa shape index (κ3) is 4.56. The van der Waals surface area contributed by atoms with Gasteiger partial charge in [-0.1, -0.05) is 0 Å². The number of anilines is 1. The van der Waals surface area contributed by atoms with E-state index in [4.69, 9.17) is 15.3 Å². The van der Waals surface area contributed by atoms with Crippen LogP contribution in [0.25, 0.3) is 0 Å². The molecule has 0 unspecified atom stereocenters. The molecule has 0 spiro atoms. The van der Waals surface area contributed by atoms with E-state index in [2.05, 4.69) is 9.97 Å². The summed E-state index contributed by atoms with van der Waals surface area (Å²) in [6.07, 6.45) is 1.21. The number of rotatable bonds is 8. The van der Waals surface area contributed by atoms with Gasteiger partial charge in [-0.3, -0.25) is 10.1 Å². The topological polar surface area (TPSA) is 129 Å². The summed E-state index contributed by atoms with van der Waals surface area (Å²) in [5, 5.41) is 28.8. The summed E-state index contributed by atoms with van der Waals surface area (Å²) in [5.74, 6) is -0.0648. The SMILES string of the molecule is CC(C)Oc1ncnc(N(CCC#N)CCC#N)c1[N+](=O)[O-]. The summed E-state index contributed by atoms with van der Waals surface area (Å²) in [6.45, 7) is 3.93. The summed E-state index contributed by atoms with van der Waals surface area (Å²) >= 11 is 0. The zero-order valence-corrected chi connectivity index (χ0v) is 12.4. The van der Waals surface area contributed by atoms with Crippen LogP contribution in [0, 0.1) is 32.8 Å². The highest BCUT2D eigenvalue weighted by atomic mass is 16.6. The number of ether oxygens (including phenoxy) is 1. The van der Waals surface area contributed by atoms with Crippen LogP contribution in [0.2, 0.25) is 0 Å². The van der Waals surface area contributed by atoms with Crippen molar-refractivity contribution in [3.05, 3.63) is 16.4 Å². The van der Waals surface area contributed by atoms with Gasteiger partial charge in [0.25, 0.3) is 5.88 Å². The Morgan fingerprint density at radius 2 is 1.91 bits per heavy atom. The average molecular weight is 304 g/mol. The molecule has 0 aliphatic heterocycles. The van der Waals surface area contributed by atoms with Crippen molar-refractivity contribution < 1.29 is 9.66 Å². The van der Waals surface area contributed by atoms with Gasteiger partial charge in [0, 0.05) is 13.1 Å². The second kappa shape index (κ2) is 8.37. The first kappa shape index (κ1) is 17.1. The van der Waals surface area contributed by atoms with Crippen LogP contribution in [0.15, 0.2) is 6.33 Å². The predicted octanol–water partition coefficient (Wildman–Crippen LogP) is 1.81. The Morgan fingerprint density at radius 1 is 1.32 bits per heavy atom. The highest BCUT2D eigenvalue weighted by Gasteiger charge is 2.28. The van der Waals surface area contributed by atoms with E-state index >= 15 is 0 Å². The van der Waals surface area contributed by atoms with Crippen LogP contribution < -0.4 is 9.64 Å². The third-order valence-corrected chi connectivity index (χ3v) is 2.59. The van der Waals surface area contributed by atoms with Crippen LogP contribution in [0.5, 0.6) is 5.88 Å². The molecular weight excluding hydrogens is 288 g/mol. The lowest BCUT2D eigenvalue weighted by Gasteiger charge is -2.21. The first-order valence-corrected chi connectivity index (χ1v) is 6.66. The molecule has 0 N–H and O–H groups in total. The van der Waals surface area contributed by atoms with Crippen LogP contribution in [0.4, 0.5) is 11.5 Å². The van der Waals surface area contributed by atoms with Gasteiger partial charge in [0.15, 0.2) is 0 Å². The number of nitro groups is 1. The molecule has 1 heterocycles. The Balaban J connectivity index is 3.26. The number of nitrogens with zero attached hydrogens (tertiary/aromatic N) is 6. The van der Waals surface area contributed by atoms with E-state index in [9.17, 15) is 10.1 Å². The Labute approximate surface area is 127 Å².